The smallest absolute Gasteiger partial charge is 0.854 e. The van der Waals surface area contributed by atoms with Gasteiger partial charge in [0.25, 0.3) is 0 Å². The number of hydrogen-bond acceptors (Lipinski definition) is 2. The van der Waals surface area contributed by atoms with Crippen molar-refractivity contribution in [2.45, 2.75) is 25.7 Å². The Morgan fingerprint density at radius 1 is 1.00 bits per heavy atom. The molecule has 0 unspecified atom stereocenters. The molecule has 0 saturated carbocycles. The van der Waals surface area contributed by atoms with Crippen molar-refractivity contribution in [3.05, 3.63) is 0 Å². The molecule has 0 aromatic heterocycles. The molecule has 3 heteroatoms. The van der Waals surface area contributed by atoms with E-state index in [0.717, 1.165) is 19.4 Å². The Kier molecular flexibility index (Phi) is 15.8. The molecular weight excluding hydrogens is 165 g/mol. The Morgan fingerprint density at radius 3 is 2.00 bits per heavy atom. The van der Waals surface area contributed by atoms with E-state index in [-0.39, 0.29) is 58.0 Å². The summed E-state index contributed by atoms with van der Waals surface area (Å²) in [5, 5.41) is 10.0. The average molecular weight is 183 g/mol. The summed E-state index contributed by atoms with van der Waals surface area (Å²) < 4.78 is 0. The van der Waals surface area contributed by atoms with E-state index in [1.165, 1.54) is 12.8 Å². The van der Waals surface area contributed by atoms with Crippen molar-refractivity contribution in [3.8, 4) is 0 Å². The first kappa shape index (κ1) is 15.0. The minimum absolute atomic E-state index is 0. The molecule has 0 aliphatic carbocycles. The molecule has 0 saturated heterocycles. The first-order valence-electron chi connectivity index (χ1n) is 4.00. The van der Waals surface area contributed by atoms with Crippen molar-refractivity contribution in [2.75, 3.05) is 27.2 Å². The maximum Gasteiger partial charge on any atom is 1.00 e. The van der Waals surface area contributed by atoms with Gasteiger partial charge in [-0.1, -0.05) is 19.3 Å². The molecule has 0 N–H and O–H groups in total. The molecule has 0 fully saturated rings. The van der Waals surface area contributed by atoms with E-state index in [4.69, 9.17) is 0 Å². The van der Waals surface area contributed by atoms with E-state index in [2.05, 4.69) is 19.0 Å². The molecule has 0 aliphatic heterocycles. The van der Waals surface area contributed by atoms with E-state index in [1.807, 2.05) is 0 Å². The van der Waals surface area contributed by atoms with Gasteiger partial charge in [0.05, 0.1) is 0 Å². The predicted octanol–water partition coefficient (Wildman–Crippen LogP) is -2.53. The van der Waals surface area contributed by atoms with Gasteiger partial charge in [0.2, 0.25) is 0 Å². The van der Waals surface area contributed by atoms with Crippen molar-refractivity contribution < 1.29 is 56.5 Å². The fourth-order valence-corrected chi connectivity index (χ4v) is 0.884. The van der Waals surface area contributed by atoms with Crippen LogP contribution in [0.2, 0.25) is 0 Å². The van der Waals surface area contributed by atoms with Gasteiger partial charge in [-0.2, -0.15) is 0 Å². The van der Waals surface area contributed by atoms with Crippen LogP contribution in [-0.2, 0) is 0 Å². The third kappa shape index (κ3) is 14.4. The minimum atomic E-state index is 0. The number of hydrogen-bond donors (Lipinski definition) is 0. The zero-order valence-electron chi connectivity index (χ0n) is 8.10. The van der Waals surface area contributed by atoms with Crippen LogP contribution < -0.4 is 56.5 Å². The van der Waals surface area contributed by atoms with Gasteiger partial charge in [-0.3, -0.25) is 0 Å². The second-order valence-corrected chi connectivity index (χ2v) is 2.92. The largest absolute Gasteiger partial charge is 1.00 e. The third-order valence-corrected chi connectivity index (χ3v) is 1.50. The minimum Gasteiger partial charge on any atom is -0.854 e. The van der Waals surface area contributed by atoms with Crippen molar-refractivity contribution in [1.29, 1.82) is 0 Å². The average Bonchev–Trinajstić information content (AvgIpc) is 1.87. The van der Waals surface area contributed by atoms with E-state index in [9.17, 15) is 5.11 Å². The van der Waals surface area contributed by atoms with Crippen molar-refractivity contribution in [1.82, 2.24) is 4.90 Å². The summed E-state index contributed by atoms with van der Waals surface area (Å²) in [6.45, 7) is 1.25. The molecule has 0 atom stereocenters. The van der Waals surface area contributed by atoms with Gasteiger partial charge in [0.15, 0.2) is 0 Å². The molecule has 62 valence electrons. The molecule has 0 bridgehead atoms. The van der Waals surface area contributed by atoms with Gasteiger partial charge in [-0.25, -0.2) is 0 Å². The van der Waals surface area contributed by atoms with Gasteiger partial charge < -0.3 is 10.0 Å². The second-order valence-electron chi connectivity index (χ2n) is 2.92. The SMILES string of the molecule is CN(C)CCCCCC[O-].[K+]. The van der Waals surface area contributed by atoms with E-state index < -0.39 is 0 Å². The maximum atomic E-state index is 10.0. The Balaban J connectivity index is 0. The van der Waals surface area contributed by atoms with Crippen LogP contribution >= 0.6 is 0 Å². The van der Waals surface area contributed by atoms with Crippen LogP contribution in [0.15, 0.2) is 0 Å². The summed E-state index contributed by atoms with van der Waals surface area (Å²) in [5.74, 6) is 0. The number of nitrogens with zero attached hydrogens (tertiary/aromatic N) is 1. The molecule has 0 heterocycles. The van der Waals surface area contributed by atoms with Gasteiger partial charge in [0, 0.05) is 0 Å². The zero-order valence-corrected chi connectivity index (χ0v) is 11.2. The molecule has 2 nitrogen and oxygen atoms in total. The normalized spacial score (nSPS) is 9.82. The second kappa shape index (κ2) is 11.6. The van der Waals surface area contributed by atoms with Crippen LogP contribution in [0.4, 0.5) is 0 Å². The molecule has 0 aromatic carbocycles. The Hall–Kier alpha value is 1.56. The molecule has 11 heavy (non-hydrogen) atoms. The molecule has 0 amide bonds. The van der Waals surface area contributed by atoms with Crippen molar-refractivity contribution >= 4 is 0 Å². The van der Waals surface area contributed by atoms with Crippen molar-refractivity contribution in [2.24, 2.45) is 0 Å². The summed E-state index contributed by atoms with van der Waals surface area (Å²) in [6, 6.07) is 0. The van der Waals surface area contributed by atoms with Crippen LogP contribution in [0, 0.1) is 0 Å². The zero-order chi connectivity index (χ0) is 7.82. The number of rotatable bonds is 6. The molecule has 0 rings (SSSR count). The quantitative estimate of drug-likeness (QED) is 0.335. The van der Waals surface area contributed by atoms with Gasteiger partial charge in [-0.05, 0) is 27.1 Å². The Morgan fingerprint density at radius 2 is 1.55 bits per heavy atom. The fourth-order valence-electron chi connectivity index (χ4n) is 0.884. The first-order chi connectivity index (χ1) is 4.77. The van der Waals surface area contributed by atoms with Crippen LogP contribution in [0.25, 0.3) is 0 Å². The maximum absolute atomic E-state index is 10.0. The van der Waals surface area contributed by atoms with E-state index in [0.29, 0.717) is 0 Å². The Bertz CT molecular complexity index is 69.1. The van der Waals surface area contributed by atoms with Gasteiger partial charge in [-0.15, -0.1) is 6.61 Å². The number of unbranched alkanes of at least 4 members (excludes halogenated alkanes) is 3. The van der Waals surface area contributed by atoms with Crippen LogP contribution in [0.3, 0.4) is 0 Å². The van der Waals surface area contributed by atoms with E-state index >= 15 is 0 Å². The molecular formula is C8H18KNO. The van der Waals surface area contributed by atoms with E-state index in [1.54, 1.807) is 0 Å². The topological polar surface area (TPSA) is 26.3 Å². The van der Waals surface area contributed by atoms with Gasteiger partial charge >= 0.3 is 51.4 Å². The van der Waals surface area contributed by atoms with Crippen molar-refractivity contribution in [3.63, 3.8) is 0 Å². The standard InChI is InChI=1S/C8H18NO.K/c1-9(2)7-5-3-4-6-8-10;/h3-8H2,1-2H3;/q-1;+1. The molecule has 0 aliphatic rings. The molecule has 0 radical (unpaired) electrons. The summed E-state index contributed by atoms with van der Waals surface area (Å²) in [6.07, 6.45) is 4.40. The summed E-state index contributed by atoms with van der Waals surface area (Å²) in [4.78, 5) is 2.18. The Labute approximate surface area is 113 Å². The monoisotopic (exact) mass is 183 g/mol. The summed E-state index contributed by atoms with van der Waals surface area (Å²) in [7, 11) is 4.15. The summed E-state index contributed by atoms with van der Waals surface area (Å²) in [5.41, 5.74) is 0. The van der Waals surface area contributed by atoms with Crippen LogP contribution in [0.5, 0.6) is 0 Å². The first-order valence-corrected chi connectivity index (χ1v) is 4.00. The van der Waals surface area contributed by atoms with Gasteiger partial charge in [0.1, 0.15) is 0 Å². The van der Waals surface area contributed by atoms with Crippen LogP contribution in [-0.4, -0.2) is 32.1 Å². The molecule has 0 spiro atoms. The summed E-state index contributed by atoms with van der Waals surface area (Å²) >= 11 is 0. The third-order valence-electron chi connectivity index (χ3n) is 1.50. The molecule has 0 aromatic rings. The van der Waals surface area contributed by atoms with Crippen LogP contribution in [0.1, 0.15) is 25.7 Å². The fraction of sp³-hybridized carbons (Fsp3) is 1.00. The predicted molar refractivity (Wildman–Crippen MR) is 41.9 cm³/mol.